The van der Waals surface area contributed by atoms with Crippen LogP contribution in [0.1, 0.15) is 31.8 Å². The normalized spacial score (nSPS) is 12.8. The van der Waals surface area contributed by atoms with Crippen molar-refractivity contribution in [3.05, 3.63) is 123 Å². The largest absolute Gasteiger partial charge is 0.289 e. The molecule has 0 atom stereocenters. The molecule has 0 heterocycles. The van der Waals surface area contributed by atoms with Gasteiger partial charge in [0, 0.05) is 5.56 Å². The first-order valence-corrected chi connectivity index (χ1v) is 12.3. The Labute approximate surface area is 201 Å². The zero-order valence-corrected chi connectivity index (χ0v) is 19.3. The number of carbonyl (C=O) groups is 2. The van der Waals surface area contributed by atoms with E-state index in [0.29, 0.717) is 9.79 Å². The van der Waals surface area contributed by atoms with Crippen molar-refractivity contribution >= 4 is 50.2 Å². The van der Waals surface area contributed by atoms with E-state index in [0.717, 1.165) is 0 Å². The van der Waals surface area contributed by atoms with Crippen molar-refractivity contribution in [2.24, 2.45) is 4.36 Å². The molecule has 0 bridgehead atoms. The van der Waals surface area contributed by atoms with Crippen molar-refractivity contribution in [3.63, 3.8) is 0 Å². The van der Waals surface area contributed by atoms with Crippen LogP contribution in [-0.4, -0.2) is 15.8 Å². The minimum absolute atomic E-state index is 0.0373. The SMILES string of the molecule is O=C1c2cccc(N=S(=O)(c3ccccc3)c3ccccc3)c2C(=O)c2c(Cl)ccc(Cl)c21. The van der Waals surface area contributed by atoms with Crippen LogP contribution in [0.4, 0.5) is 5.69 Å². The number of hydrogen-bond donors (Lipinski definition) is 0. The molecule has 1 aliphatic rings. The molecule has 5 rings (SSSR count). The molecule has 0 amide bonds. The minimum Gasteiger partial charge on any atom is -0.289 e. The maximum Gasteiger partial charge on any atom is 0.198 e. The van der Waals surface area contributed by atoms with Gasteiger partial charge in [-0.1, -0.05) is 71.7 Å². The molecule has 0 aliphatic heterocycles. The van der Waals surface area contributed by atoms with Gasteiger partial charge in [0.2, 0.25) is 0 Å². The molecule has 0 fully saturated rings. The lowest BCUT2D eigenvalue weighted by Crippen LogP contribution is -2.22. The molecule has 0 radical (unpaired) electrons. The van der Waals surface area contributed by atoms with E-state index in [1.807, 2.05) is 12.1 Å². The van der Waals surface area contributed by atoms with Gasteiger partial charge in [-0.3, -0.25) is 9.59 Å². The van der Waals surface area contributed by atoms with Gasteiger partial charge in [0.15, 0.2) is 11.6 Å². The molecule has 162 valence electrons. The van der Waals surface area contributed by atoms with Crippen LogP contribution in [0.2, 0.25) is 10.0 Å². The van der Waals surface area contributed by atoms with Crippen molar-refractivity contribution < 1.29 is 13.8 Å². The highest BCUT2D eigenvalue weighted by atomic mass is 35.5. The van der Waals surface area contributed by atoms with Crippen LogP contribution in [0.5, 0.6) is 0 Å². The number of benzene rings is 4. The van der Waals surface area contributed by atoms with Gasteiger partial charge in [0.05, 0.1) is 42.2 Å². The lowest BCUT2D eigenvalue weighted by Gasteiger charge is -2.21. The van der Waals surface area contributed by atoms with Crippen LogP contribution >= 0.6 is 23.2 Å². The summed E-state index contributed by atoms with van der Waals surface area (Å²) in [7, 11) is -3.17. The first-order chi connectivity index (χ1) is 15.9. The summed E-state index contributed by atoms with van der Waals surface area (Å²) in [6, 6.07) is 25.4. The van der Waals surface area contributed by atoms with E-state index in [4.69, 9.17) is 23.2 Å². The van der Waals surface area contributed by atoms with E-state index in [9.17, 15) is 13.8 Å². The highest BCUT2D eigenvalue weighted by Gasteiger charge is 2.35. The molecule has 0 N–H and O–H groups in total. The maximum absolute atomic E-state index is 14.4. The van der Waals surface area contributed by atoms with Gasteiger partial charge in [0.25, 0.3) is 0 Å². The third-order valence-electron chi connectivity index (χ3n) is 5.42. The van der Waals surface area contributed by atoms with Gasteiger partial charge >= 0.3 is 0 Å². The molecule has 0 unspecified atom stereocenters. The molecule has 0 saturated heterocycles. The highest BCUT2D eigenvalue weighted by Crippen LogP contribution is 2.40. The van der Waals surface area contributed by atoms with Crippen LogP contribution in [0, 0.1) is 0 Å². The molecule has 1 aliphatic carbocycles. The average Bonchev–Trinajstić information content (AvgIpc) is 2.85. The van der Waals surface area contributed by atoms with Crippen LogP contribution in [-0.2, 0) is 9.73 Å². The Hall–Kier alpha value is -3.25. The van der Waals surface area contributed by atoms with Crippen LogP contribution in [0.25, 0.3) is 0 Å². The minimum atomic E-state index is -3.17. The second kappa shape index (κ2) is 8.27. The number of carbonyl (C=O) groups excluding carboxylic acids is 2. The number of halogens is 2. The molecule has 0 spiro atoms. The van der Waals surface area contributed by atoms with Gasteiger partial charge in [-0.2, -0.15) is 4.36 Å². The number of nitrogens with zero attached hydrogens (tertiary/aromatic N) is 1. The fraction of sp³-hybridized carbons (Fsp3) is 0. The Morgan fingerprint density at radius 2 is 1.09 bits per heavy atom. The summed E-state index contributed by atoms with van der Waals surface area (Å²) in [5.41, 5.74) is 0.491. The molecule has 4 aromatic carbocycles. The monoisotopic (exact) mass is 491 g/mol. The summed E-state index contributed by atoms with van der Waals surface area (Å²) >= 11 is 12.5. The predicted octanol–water partition coefficient (Wildman–Crippen LogP) is 6.99. The molecule has 4 aromatic rings. The third-order valence-corrected chi connectivity index (χ3v) is 8.33. The summed E-state index contributed by atoms with van der Waals surface area (Å²) in [6.07, 6.45) is 0. The Bertz CT molecular complexity index is 1510. The molecule has 0 aromatic heterocycles. The molecular formula is C26H15Cl2NO3S. The summed E-state index contributed by atoms with van der Waals surface area (Å²) in [5.74, 6) is -0.899. The maximum atomic E-state index is 14.4. The zero-order chi connectivity index (χ0) is 23.2. The van der Waals surface area contributed by atoms with E-state index in [2.05, 4.69) is 4.36 Å². The van der Waals surface area contributed by atoms with Crippen molar-refractivity contribution in [2.75, 3.05) is 0 Å². The van der Waals surface area contributed by atoms with E-state index in [-0.39, 0.29) is 38.0 Å². The lowest BCUT2D eigenvalue weighted by atomic mass is 9.83. The van der Waals surface area contributed by atoms with Gasteiger partial charge in [-0.15, -0.1) is 0 Å². The van der Waals surface area contributed by atoms with Crippen LogP contribution < -0.4 is 0 Å². The van der Waals surface area contributed by atoms with E-state index < -0.39 is 21.3 Å². The summed E-state index contributed by atoms with van der Waals surface area (Å²) in [5, 5.41) is 0.276. The first-order valence-electron chi connectivity index (χ1n) is 9.99. The highest BCUT2D eigenvalue weighted by molar-refractivity contribution is 7.93. The lowest BCUT2D eigenvalue weighted by molar-refractivity contribution is 0.0980. The topological polar surface area (TPSA) is 63.6 Å². The smallest absolute Gasteiger partial charge is 0.198 e. The molecular weight excluding hydrogens is 477 g/mol. The van der Waals surface area contributed by atoms with Gasteiger partial charge in [-0.25, -0.2) is 4.21 Å². The predicted molar refractivity (Wildman–Crippen MR) is 129 cm³/mol. The number of rotatable bonds is 3. The van der Waals surface area contributed by atoms with Crippen LogP contribution in [0.3, 0.4) is 0 Å². The Kier molecular flexibility index (Phi) is 5.41. The second-order valence-corrected chi connectivity index (χ2v) is 10.4. The Morgan fingerprint density at radius 1 is 0.576 bits per heavy atom. The number of fused-ring (bicyclic) bond motifs is 2. The van der Waals surface area contributed by atoms with Gasteiger partial charge < -0.3 is 0 Å². The summed E-state index contributed by atoms with van der Waals surface area (Å²) in [6.45, 7) is 0. The van der Waals surface area contributed by atoms with Gasteiger partial charge in [0.1, 0.15) is 9.73 Å². The van der Waals surface area contributed by atoms with Crippen LogP contribution in [0.15, 0.2) is 105 Å². The van der Waals surface area contributed by atoms with E-state index in [1.54, 1.807) is 66.7 Å². The number of hydrogen-bond acceptors (Lipinski definition) is 4. The standard InChI is InChI=1S/C26H15Cl2NO3S/c27-19-14-15-20(28)24-23(19)25(30)18-12-7-13-21(22(18)26(24)31)29-33(32,16-8-3-1-4-9-16)17-10-5-2-6-11-17/h1-15H. The summed E-state index contributed by atoms with van der Waals surface area (Å²) < 4.78 is 19.0. The quantitative estimate of drug-likeness (QED) is 0.273. The Balaban J connectivity index is 1.82. The molecule has 0 saturated carbocycles. The molecule has 33 heavy (non-hydrogen) atoms. The van der Waals surface area contributed by atoms with Crippen molar-refractivity contribution in [2.45, 2.75) is 9.79 Å². The van der Waals surface area contributed by atoms with Crippen molar-refractivity contribution in [1.82, 2.24) is 0 Å². The van der Waals surface area contributed by atoms with Gasteiger partial charge in [-0.05, 0) is 42.5 Å². The molecule has 7 heteroatoms. The average molecular weight is 492 g/mol. The first kappa shape index (κ1) is 21.6. The van der Waals surface area contributed by atoms with Crippen molar-refractivity contribution in [1.29, 1.82) is 0 Å². The summed E-state index contributed by atoms with van der Waals surface area (Å²) in [4.78, 5) is 27.8. The molecule has 4 nitrogen and oxygen atoms in total. The van der Waals surface area contributed by atoms with Crippen molar-refractivity contribution in [3.8, 4) is 0 Å². The number of ketones is 2. The zero-order valence-electron chi connectivity index (χ0n) is 17.0. The fourth-order valence-electron chi connectivity index (χ4n) is 3.89. The fourth-order valence-corrected chi connectivity index (χ4v) is 6.34. The van der Waals surface area contributed by atoms with E-state index in [1.165, 1.54) is 12.1 Å². The van der Waals surface area contributed by atoms with E-state index >= 15 is 0 Å². The second-order valence-electron chi connectivity index (χ2n) is 7.38. The Morgan fingerprint density at radius 3 is 1.64 bits per heavy atom. The third kappa shape index (κ3) is 3.49.